The van der Waals surface area contributed by atoms with E-state index >= 15 is 0 Å². The Labute approximate surface area is 123 Å². The SMILES string of the molecule is C.C.C=C(C)C(=O)OCC(O)COC(=O)C(C)(C)CC. The summed E-state index contributed by atoms with van der Waals surface area (Å²) < 4.78 is 9.68. The molecule has 0 saturated carbocycles. The van der Waals surface area contributed by atoms with Crippen LogP contribution in [0.1, 0.15) is 49.0 Å². The van der Waals surface area contributed by atoms with Gasteiger partial charge >= 0.3 is 11.9 Å². The highest BCUT2D eigenvalue weighted by molar-refractivity contribution is 5.86. The first-order valence-corrected chi connectivity index (χ1v) is 5.88. The highest BCUT2D eigenvalue weighted by Gasteiger charge is 2.27. The highest BCUT2D eigenvalue weighted by atomic mass is 16.6. The summed E-state index contributed by atoms with van der Waals surface area (Å²) in [6, 6.07) is 0. The van der Waals surface area contributed by atoms with Gasteiger partial charge in [0.05, 0.1) is 5.41 Å². The fourth-order valence-electron chi connectivity index (χ4n) is 0.855. The predicted molar refractivity (Wildman–Crippen MR) is 80.3 cm³/mol. The molecule has 0 aliphatic rings. The summed E-state index contributed by atoms with van der Waals surface area (Å²) in [6.45, 7) is 9.93. The zero-order chi connectivity index (χ0) is 14.3. The lowest BCUT2D eigenvalue weighted by atomic mass is 9.91. The minimum Gasteiger partial charge on any atom is -0.462 e. The van der Waals surface area contributed by atoms with Crippen LogP contribution in [0.15, 0.2) is 12.2 Å². The summed E-state index contributed by atoms with van der Waals surface area (Å²) in [5.41, 5.74) is -0.319. The van der Waals surface area contributed by atoms with E-state index in [1.165, 1.54) is 6.92 Å². The third-order valence-electron chi connectivity index (χ3n) is 2.60. The van der Waals surface area contributed by atoms with Crippen LogP contribution in [-0.4, -0.2) is 36.4 Å². The summed E-state index contributed by atoms with van der Waals surface area (Å²) in [5.74, 6) is -0.954. The van der Waals surface area contributed by atoms with Gasteiger partial charge in [-0.3, -0.25) is 4.79 Å². The second kappa shape index (κ2) is 10.4. The van der Waals surface area contributed by atoms with Gasteiger partial charge in [0.25, 0.3) is 0 Å². The molecule has 0 aliphatic heterocycles. The molecular weight excluding hydrogens is 260 g/mol. The van der Waals surface area contributed by atoms with E-state index in [0.29, 0.717) is 6.42 Å². The molecule has 0 fully saturated rings. The molecule has 0 aliphatic carbocycles. The zero-order valence-corrected chi connectivity index (χ0v) is 11.5. The number of hydrogen-bond acceptors (Lipinski definition) is 5. The van der Waals surface area contributed by atoms with Crippen molar-refractivity contribution in [1.82, 2.24) is 0 Å². The van der Waals surface area contributed by atoms with Crippen molar-refractivity contribution in [3.8, 4) is 0 Å². The van der Waals surface area contributed by atoms with Crippen LogP contribution in [0.4, 0.5) is 0 Å². The van der Waals surface area contributed by atoms with Gasteiger partial charge in [0.2, 0.25) is 0 Å². The first-order valence-electron chi connectivity index (χ1n) is 5.88. The van der Waals surface area contributed by atoms with E-state index in [-0.39, 0.29) is 39.6 Å². The van der Waals surface area contributed by atoms with Crippen molar-refractivity contribution < 1.29 is 24.2 Å². The van der Waals surface area contributed by atoms with Crippen LogP contribution in [0.3, 0.4) is 0 Å². The van der Waals surface area contributed by atoms with Gasteiger partial charge < -0.3 is 14.6 Å². The Morgan fingerprint density at radius 2 is 1.65 bits per heavy atom. The molecule has 120 valence electrons. The monoisotopic (exact) mass is 290 g/mol. The first kappa shape index (κ1) is 23.7. The fraction of sp³-hybridized carbons (Fsp3) is 0.733. The van der Waals surface area contributed by atoms with Crippen molar-refractivity contribution >= 4 is 11.9 Å². The van der Waals surface area contributed by atoms with Gasteiger partial charge in [-0.1, -0.05) is 28.4 Å². The number of carbonyl (C=O) groups excluding carboxylic acids is 2. The fourth-order valence-corrected chi connectivity index (χ4v) is 0.855. The number of hydrogen-bond donors (Lipinski definition) is 1. The van der Waals surface area contributed by atoms with Gasteiger partial charge in [-0.05, 0) is 27.2 Å². The van der Waals surface area contributed by atoms with Gasteiger partial charge in [-0.2, -0.15) is 0 Å². The standard InChI is InChI=1S/C13H22O5.2CH4/c1-6-13(4,5)12(16)18-8-10(14)7-17-11(15)9(2)3;;/h10,14H,2,6-8H2,1,3-5H3;2*1H4. The van der Waals surface area contributed by atoms with E-state index in [1.54, 1.807) is 13.8 Å². The molecule has 1 N–H and O–H groups in total. The van der Waals surface area contributed by atoms with Crippen LogP contribution in [0.5, 0.6) is 0 Å². The van der Waals surface area contributed by atoms with Crippen LogP contribution < -0.4 is 0 Å². The molecule has 0 rings (SSSR count). The summed E-state index contributed by atoms with van der Waals surface area (Å²) in [7, 11) is 0. The lowest BCUT2D eigenvalue weighted by molar-refractivity contribution is -0.159. The Morgan fingerprint density at radius 3 is 2.05 bits per heavy atom. The maximum absolute atomic E-state index is 11.6. The van der Waals surface area contributed by atoms with Crippen molar-refractivity contribution in [3.05, 3.63) is 12.2 Å². The topological polar surface area (TPSA) is 72.8 Å². The molecule has 0 heterocycles. The number of rotatable bonds is 7. The summed E-state index contributed by atoms with van der Waals surface area (Å²) in [5, 5.41) is 9.48. The van der Waals surface area contributed by atoms with Crippen LogP contribution in [-0.2, 0) is 19.1 Å². The highest BCUT2D eigenvalue weighted by Crippen LogP contribution is 2.21. The Bertz CT molecular complexity index is 320. The summed E-state index contributed by atoms with van der Waals surface area (Å²) in [6.07, 6.45) is -0.378. The molecule has 0 aromatic rings. The number of aliphatic hydroxyl groups excluding tert-OH is 1. The van der Waals surface area contributed by atoms with Gasteiger partial charge in [0.15, 0.2) is 0 Å². The average Bonchev–Trinajstić information content (AvgIpc) is 2.32. The van der Waals surface area contributed by atoms with E-state index in [9.17, 15) is 14.7 Å². The summed E-state index contributed by atoms with van der Waals surface area (Å²) >= 11 is 0. The number of carbonyl (C=O) groups is 2. The molecule has 0 saturated heterocycles. The van der Waals surface area contributed by atoms with Gasteiger partial charge in [-0.15, -0.1) is 0 Å². The number of aliphatic hydroxyl groups is 1. The Morgan fingerprint density at radius 1 is 1.20 bits per heavy atom. The van der Waals surface area contributed by atoms with Crippen molar-refractivity contribution in [1.29, 1.82) is 0 Å². The molecule has 5 nitrogen and oxygen atoms in total. The zero-order valence-electron chi connectivity index (χ0n) is 11.5. The molecule has 5 heteroatoms. The molecule has 1 atom stereocenters. The van der Waals surface area contributed by atoms with Crippen LogP contribution >= 0.6 is 0 Å². The molecule has 0 radical (unpaired) electrons. The normalized spacial score (nSPS) is 11.4. The Kier molecular flexibility index (Phi) is 12.4. The van der Waals surface area contributed by atoms with Crippen LogP contribution in [0.2, 0.25) is 0 Å². The molecule has 1 unspecified atom stereocenters. The summed E-state index contributed by atoms with van der Waals surface area (Å²) in [4.78, 5) is 22.6. The van der Waals surface area contributed by atoms with Crippen molar-refractivity contribution in [2.24, 2.45) is 5.41 Å². The largest absolute Gasteiger partial charge is 0.462 e. The second-order valence-corrected chi connectivity index (χ2v) is 4.87. The third kappa shape index (κ3) is 8.69. The molecule has 0 aromatic carbocycles. The van der Waals surface area contributed by atoms with Crippen molar-refractivity contribution in [3.63, 3.8) is 0 Å². The average molecular weight is 290 g/mol. The van der Waals surface area contributed by atoms with E-state index in [1.807, 2.05) is 6.92 Å². The molecule has 0 spiro atoms. The minimum atomic E-state index is -1.02. The molecule has 0 aromatic heterocycles. The molecule has 0 bridgehead atoms. The Hall–Kier alpha value is -1.36. The van der Waals surface area contributed by atoms with Gasteiger partial charge in [0, 0.05) is 5.57 Å². The van der Waals surface area contributed by atoms with E-state index in [2.05, 4.69) is 6.58 Å². The van der Waals surface area contributed by atoms with Gasteiger partial charge in [-0.25, -0.2) is 4.79 Å². The van der Waals surface area contributed by atoms with Crippen molar-refractivity contribution in [2.75, 3.05) is 13.2 Å². The lowest BCUT2D eigenvalue weighted by Crippen LogP contribution is -2.31. The van der Waals surface area contributed by atoms with E-state index in [4.69, 9.17) is 9.47 Å². The quantitative estimate of drug-likeness (QED) is 0.576. The predicted octanol–water partition coefficient (Wildman–Crippen LogP) is 2.72. The van der Waals surface area contributed by atoms with Crippen molar-refractivity contribution in [2.45, 2.75) is 55.1 Å². The maximum atomic E-state index is 11.6. The van der Waals surface area contributed by atoms with E-state index < -0.39 is 17.5 Å². The first-order chi connectivity index (χ1) is 8.20. The second-order valence-electron chi connectivity index (χ2n) is 4.87. The molecular formula is C15H30O5. The minimum absolute atomic E-state index is 0. The van der Waals surface area contributed by atoms with E-state index in [0.717, 1.165) is 0 Å². The Balaban J connectivity index is -0.00000144. The molecule has 0 amide bonds. The third-order valence-corrected chi connectivity index (χ3v) is 2.60. The molecule has 20 heavy (non-hydrogen) atoms. The number of esters is 2. The van der Waals surface area contributed by atoms with Crippen LogP contribution in [0.25, 0.3) is 0 Å². The smallest absolute Gasteiger partial charge is 0.333 e. The number of ether oxygens (including phenoxy) is 2. The lowest BCUT2D eigenvalue weighted by Gasteiger charge is -2.21. The van der Waals surface area contributed by atoms with Crippen LogP contribution in [0, 0.1) is 5.41 Å². The maximum Gasteiger partial charge on any atom is 0.333 e. The van der Waals surface area contributed by atoms with Gasteiger partial charge in [0.1, 0.15) is 19.3 Å².